The Morgan fingerprint density at radius 1 is 0.700 bits per heavy atom. The number of aliphatic hydroxyl groups excluding tert-OH is 1. The molecule has 0 unspecified atom stereocenters. The molecule has 0 saturated heterocycles. The van der Waals surface area contributed by atoms with Gasteiger partial charge in [-0.05, 0) is 77.0 Å². The molecular formula is C46H74NO11PS. The number of thioether (sulfide) groups is 1. The molecule has 60 heavy (non-hydrogen) atoms. The van der Waals surface area contributed by atoms with E-state index in [0.717, 1.165) is 64.2 Å². The summed E-state index contributed by atoms with van der Waals surface area (Å²) in [4.78, 5) is 54.7. The Balaban J connectivity index is 4.88. The SMILES string of the molecule is CC/C=C\C/C=C\C/C=C\C/C=C\CCCCCCC(=O)O[C@H](COC(=O)[C@@H](N)CS[C@H](/C=C/C=C/C=C\C/C=C\CCCCC)[C@@H](O)CCCC(=O)O)COP(=O)(O)O. The Labute approximate surface area is 364 Å². The average Bonchev–Trinajstić information content (AvgIpc) is 3.20. The smallest absolute Gasteiger partial charge is 0.469 e. The molecule has 0 aromatic carbocycles. The minimum atomic E-state index is -4.90. The molecule has 340 valence electrons. The molecule has 0 rings (SSSR count). The zero-order valence-corrected chi connectivity index (χ0v) is 37.7. The summed E-state index contributed by atoms with van der Waals surface area (Å²) >= 11 is 1.20. The standard InChI is InChI=1S/C46H74NO11PS/c1-3-5-7-9-11-13-15-17-18-19-20-21-23-25-27-29-31-36-45(51)58-40(38-57-59(53,54)55)37-56-46(52)41(47)39-60-43(42(48)33-32-35-44(49)50)34-30-28-26-24-22-16-14-12-10-8-6-4-2/h5,7,11-14,17-18,20-22,24,26,28,30,34,40-43,48H,3-4,6,8-10,15-16,19,23,25,27,29,31-33,35-39,47H2,1-2H3,(H,49,50)(H2,53,54,55)/b7-5-,13-11-,14-12-,18-17-,21-20-,24-22-,28-26+,34-30+/t40-,41+,42+,43-/m1/s1. The van der Waals surface area contributed by atoms with Crippen molar-refractivity contribution < 1.29 is 52.9 Å². The molecule has 6 N–H and O–H groups in total. The summed E-state index contributed by atoms with van der Waals surface area (Å²) in [6, 6.07) is -1.15. The highest BCUT2D eigenvalue weighted by molar-refractivity contribution is 8.00. The van der Waals surface area contributed by atoms with Gasteiger partial charge in [-0.15, -0.1) is 11.8 Å². The number of aliphatic hydroxyl groups is 1. The number of nitrogens with two attached hydrogens (primary N) is 1. The van der Waals surface area contributed by atoms with Crippen LogP contribution in [0.25, 0.3) is 0 Å². The molecule has 0 aromatic heterocycles. The van der Waals surface area contributed by atoms with Gasteiger partial charge in [-0.2, -0.15) is 0 Å². The summed E-state index contributed by atoms with van der Waals surface area (Å²) in [5.41, 5.74) is 6.10. The van der Waals surface area contributed by atoms with Crippen LogP contribution in [0.1, 0.15) is 129 Å². The van der Waals surface area contributed by atoms with Gasteiger partial charge in [-0.25, -0.2) is 4.57 Å². The number of hydrogen-bond acceptors (Lipinski definition) is 10. The molecular weight excluding hydrogens is 806 g/mol. The van der Waals surface area contributed by atoms with Gasteiger partial charge in [0.05, 0.1) is 12.7 Å². The Hall–Kier alpha value is -3.29. The van der Waals surface area contributed by atoms with Gasteiger partial charge in [0.1, 0.15) is 12.6 Å². The molecule has 0 fully saturated rings. The molecule has 0 aliphatic carbocycles. The van der Waals surface area contributed by atoms with Crippen molar-refractivity contribution in [3.05, 3.63) is 97.2 Å². The van der Waals surface area contributed by atoms with E-state index in [1.165, 1.54) is 31.0 Å². The average molecular weight is 880 g/mol. The lowest BCUT2D eigenvalue weighted by Crippen LogP contribution is -2.38. The Morgan fingerprint density at radius 3 is 1.90 bits per heavy atom. The van der Waals surface area contributed by atoms with E-state index < -0.39 is 62.4 Å². The molecule has 0 spiro atoms. The third kappa shape index (κ3) is 38.9. The van der Waals surface area contributed by atoms with Gasteiger partial charge >= 0.3 is 25.7 Å². The second-order valence-electron chi connectivity index (χ2n) is 14.1. The summed E-state index contributed by atoms with van der Waals surface area (Å²) < 4.78 is 26.5. The normalized spacial score (nSPS) is 14.9. The molecule has 0 aliphatic heterocycles. The predicted molar refractivity (Wildman–Crippen MR) is 244 cm³/mol. The number of rotatable bonds is 38. The topological polar surface area (TPSA) is 203 Å². The number of carboxylic acids is 1. The fourth-order valence-electron chi connectivity index (χ4n) is 5.27. The number of carbonyl (C=O) groups excluding carboxylic acids is 2. The van der Waals surface area contributed by atoms with Crippen molar-refractivity contribution in [2.24, 2.45) is 5.73 Å². The van der Waals surface area contributed by atoms with Crippen LogP contribution in [0, 0.1) is 0 Å². The van der Waals surface area contributed by atoms with Crippen molar-refractivity contribution in [3.63, 3.8) is 0 Å². The van der Waals surface area contributed by atoms with Crippen molar-refractivity contribution in [1.82, 2.24) is 0 Å². The van der Waals surface area contributed by atoms with Crippen LogP contribution >= 0.6 is 19.6 Å². The van der Waals surface area contributed by atoms with E-state index in [0.29, 0.717) is 6.42 Å². The number of aliphatic carboxylic acids is 1. The number of unbranched alkanes of at least 4 members (excludes halogenated alkanes) is 7. The Morgan fingerprint density at radius 2 is 1.28 bits per heavy atom. The van der Waals surface area contributed by atoms with E-state index in [2.05, 4.69) is 79.1 Å². The van der Waals surface area contributed by atoms with Gasteiger partial charge < -0.3 is 35.2 Å². The lowest BCUT2D eigenvalue weighted by Gasteiger charge is -2.22. The number of hydrogen-bond donors (Lipinski definition) is 5. The predicted octanol–water partition coefficient (Wildman–Crippen LogP) is 9.94. The van der Waals surface area contributed by atoms with E-state index in [9.17, 15) is 33.8 Å². The lowest BCUT2D eigenvalue weighted by molar-refractivity contribution is -0.161. The zero-order chi connectivity index (χ0) is 44.5. The third-order valence-corrected chi connectivity index (χ3v) is 10.5. The van der Waals surface area contributed by atoms with Gasteiger partial charge in [0.15, 0.2) is 6.10 Å². The van der Waals surface area contributed by atoms with Crippen LogP contribution in [0.4, 0.5) is 0 Å². The highest BCUT2D eigenvalue weighted by atomic mass is 32.2. The molecule has 0 aromatic rings. The van der Waals surface area contributed by atoms with Gasteiger partial charge in [-0.1, -0.05) is 137 Å². The number of allylic oxidation sites excluding steroid dienone is 15. The molecule has 0 radical (unpaired) electrons. The van der Waals surface area contributed by atoms with Crippen LogP contribution in [0.2, 0.25) is 0 Å². The summed E-state index contributed by atoms with van der Waals surface area (Å²) in [7, 11) is -4.90. The number of carboxylic acid groups (broad SMARTS) is 1. The minimum Gasteiger partial charge on any atom is -0.481 e. The fraction of sp³-hybridized carbons (Fsp3) is 0.587. The number of esters is 2. The van der Waals surface area contributed by atoms with Crippen LogP contribution in [-0.2, 0) is 32.9 Å². The van der Waals surface area contributed by atoms with Crippen LogP contribution in [0.5, 0.6) is 0 Å². The molecule has 0 saturated carbocycles. The maximum absolute atomic E-state index is 12.8. The molecule has 14 heteroatoms. The van der Waals surface area contributed by atoms with Crippen molar-refractivity contribution in [2.75, 3.05) is 19.0 Å². The maximum atomic E-state index is 12.8. The van der Waals surface area contributed by atoms with Crippen molar-refractivity contribution in [2.45, 2.75) is 153 Å². The molecule has 0 aliphatic rings. The Kier molecular flexibility index (Phi) is 37.6. The van der Waals surface area contributed by atoms with E-state index in [4.69, 9.17) is 20.3 Å². The van der Waals surface area contributed by atoms with Crippen LogP contribution in [0.3, 0.4) is 0 Å². The number of ether oxygens (including phenoxy) is 2. The quantitative estimate of drug-likeness (QED) is 0.0129. The van der Waals surface area contributed by atoms with E-state index in [-0.39, 0.29) is 31.4 Å². The van der Waals surface area contributed by atoms with E-state index in [1.54, 1.807) is 12.2 Å². The monoisotopic (exact) mass is 879 g/mol. The third-order valence-electron chi connectivity index (χ3n) is 8.58. The first-order valence-electron chi connectivity index (χ1n) is 21.5. The van der Waals surface area contributed by atoms with Crippen molar-refractivity contribution in [1.29, 1.82) is 0 Å². The van der Waals surface area contributed by atoms with Crippen LogP contribution < -0.4 is 5.73 Å². The summed E-state index contributed by atoms with van der Waals surface area (Å²) in [6.07, 6.45) is 44.5. The van der Waals surface area contributed by atoms with Gasteiger partial charge in [0, 0.05) is 23.8 Å². The molecule has 0 amide bonds. The number of phosphoric ester groups is 1. The Bertz CT molecular complexity index is 1420. The highest BCUT2D eigenvalue weighted by Crippen LogP contribution is 2.36. The fourth-order valence-corrected chi connectivity index (χ4v) is 6.76. The lowest BCUT2D eigenvalue weighted by atomic mass is 10.1. The number of phosphoric acid groups is 1. The largest absolute Gasteiger partial charge is 0.481 e. The van der Waals surface area contributed by atoms with Gasteiger partial charge in [-0.3, -0.25) is 18.9 Å². The first-order valence-corrected chi connectivity index (χ1v) is 24.1. The first-order chi connectivity index (χ1) is 28.9. The summed E-state index contributed by atoms with van der Waals surface area (Å²) in [5.74, 6) is -2.39. The number of carbonyl (C=O) groups is 3. The minimum absolute atomic E-state index is 0.0315. The second kappa shape index (κ2) is 39.8. The highest BCUT2D eigenvalue weighted by Gasteiger charge is 2.26. The van der Waals surface area contributed by atoms with E-state index >= 15 is 0 Å². The maximum Gasteiger partial charge on any atom is 0.469 e. The molecule has 0 heterocycles. The summed E-state index contributed by atoms with van der Waals surface area (Å²) in [5, 5.41) is 19.3. The van der Waals surface area contributed by atoms with Crippen molar-refractivity contribution >= 4 is 37.5 Å². The first kappa shape index (κ1) is 56.7. The van der Waals surface area contributed by atoms with E-state index in [1.807, 2.05) is 24.3 Å². The summed E-state index contributed by atoms with van der Waals surface area (Å²) in [6.45, 7) is 3.07. The van der Waals surface area contributed by atoms with Crippen molar-refractivity contribution in [3.8, 4) is 0 Å². The molecule has 4 atom stereocenters. The molecule has 12 nitrogen and oxygen atoms in total. The second-order valence-corrected chi connectivity index (χ2v) is 16.6. The zero-order valence-electron chi connectivity index (χ0n) is 36.0. The van der Waals surface area contributed by atoms with Crippen LogP contribution in [0.15, 0.2) is 97.2 Å². The molecule has 0 bridgehead atoms. The van der Waals surface area contributed by atoms with Crippen LogP contribution in [-0.4, -0.2) is 80.4 Å². The van der Waals surface area contributed by atoms with Gasteiger partial charge in [0.2, 0.25) is 0 Å². The van der Waals surface area contributed by atoms with Gasteiger partial charge in [0.25, 0.3) is 0 Å².